The van der Waals surface area contributed by atoms with E-state index in [1.54, 1.807) is 0 Å². The molecule has 140 valence electrons. The highest BCUT2D eigenvalue weighted by atomic mass is 16.5. The van der Waals surface area contributed by atoms with Crippen LogP contribution in [0.15, 0.2) is 24.3 Å². The molecule has 1 aliphatic carbocycles. The Kier molecular flexibility index (Phi) is 7.26. The smallest absolute Gasteiger partial charge is 0.256 e. The van der Waals surface area contributed by atoms with Crippen molar-refractivity contribution in [3.63, 3.8) is 0 Å². The van der Waals surface area contributed by atoms with E-state index in [0.29, 0.717) is 19.1 Å². The number of carbonyl (C=O) groups is 1. The molecular weight excluding hydrogens is 316 g/mol. The van der Waals surface area contributed by atoms with Crippen molar-refractivity contribution in [2.75, 3.05) is 39.2 Å². The second kappa shape index (κ2) is 9.20. The van der Waals surface area contributed by atoms with Crippen LogP contribution >= 0.6 is 0 Å². The topological polar surface area (TPSA) is 50.8 Å². The monoisotopic (exact) mass is 348 g/mol. The molecule has 0 radical (unpaired) electrons. The summed E-state index contributed by atoms with van der Waals surface area (Å²) < 4.78 is 11.6. The lowest BCUT2D eigenvalue weighted by molar-refractivity contribution is -0.142. The Labute approximate surface area is 151 Å². The van der Waals surface area contributed by atoms with Crippen LogP contribution in [0.25, 0.3) is 0 Å². The number of benzene rings is 1. The summed E-state index contributed by atoms with van der Waals surface area (Å²) in [6.45, 7) is 6.28. The van der Waals surface area contributed by atoms with Crippen LogP contribution in [0, 0.1) is 5.92 Å². The van der Waals surface area contributed by atoms with Gasteiger partial charge in [-0.1, -0.05) is 6.92 Å². The van der Waals surface area contributed by atoms with E-state index in [1.807, 2.05) is 31.2 Å². The summed E-state index contributed by atoms with van der Waals surface area (Å²) in [4.78, 5) is 14.8. The van der Waals surface area contributed by atoms with Gasteiger partial charge in [0.15, 0.2) is 0 Å². The molecular formula is C20H32N2O3. The van der Waals surface area contributed by atoms with Crippen molar-refractivity contribution in [1.29, 1.82) is 0 Å². The van der Waals surface area contributed by atoms with Crippen LogP contribution in [0.1, 0.15) is 39.5 Å². The summed E-state index contributed by atoms with van der Waals surface area (Å²) >= 11 is 0. The number of nitrogens with zero attached hydrogens (tertiary/aromatic N) is 1. The van der Waals surface area contributed by atoms with Crippen LogP contribution in [0.2, 0.25) is 0 Å². The summed E-state index contributed by atoms with van der Waals surface area (Å²) in [6, 6.07) is 7.55. The lowest BCUT2D eigenvalue weighted by Gasteiger charge is -2.28. The largest absolute Gasteiger partial charge is 0.494 e. The Balaban J connectivity index is 1.86. The van der Waals surface area contributed by atoms with Crippen molar-refractivity contribution < 1.29 is 14.3 Å². The maximum absolute atomic E-state index is 12.7. The molecule has 1 fully saturated rings. The normalized spacial score (nSPS) is 16.5. The predicted molar refractivity (Wildman–Crippen MR) is 101 cm³/mol. The molecule has 0 bridgehead atoms. The fourth-order valence-electron chi connectivity index (χ4n) is 2.78. The Morgan fingerprint density at radius 1 is 1.24 bits per heavy atom. The summed E-state index contributed by atoms with van der Waals surface area (Å²) in [6.07, 6.45) is 4.02. The molecule has 5 heteroatoms. The molecule has 1 aromatic carbocycles. The SMILES string of the molecule is CCCOC(C)(C(=O)Nc1ccc(OCCCN(C)C)cc1)C1CC1. The molecule has 0 saturated heterocycles. The first-order valence-corrected chi connectivity index (χ1v) is 9.28. The Bertz CT molecular complexity index is 540. The van der Waals surface area contributed by atoms with Crippen LogP contribution in [-0.2, 0) is 9.53 Å². The molecule has 1 aliphatic rings. The minimum Gasteiger partial charge on any atom is -0.494 e. The average molecular weight is 348 g/mol. The number of hydrogen-bond acceptors (Lipinski definition) is 4. The van der Waals surface area contributed by atoms with Gasteiger partial charge in [-0.25, -0.2) is 0 Å². The molecule has 1 amide bonds. The standard InChI is InChI=1S/C20H32N2O3/c1-5-14-25-20(2,16-7-8-16)19(23)21-17-9-11-18(12-10-17)24-15-6-13-22(3)4/h9-12,16H,5-8,13-15H2,1-4H3,(H,21,23). The highest BCUT2D eigenvalue weighted by molar-refractivity contribution is 5.97. The molecule has 5 nitrogen and oxygen atoms in total. The van der Waals surface area contributed by atoms with Crippen LogP contribution in [0.3, 0.4) is 0 Å². The van der Waals surface area contributed by atoms with E-state index >= 15 is 0 Å². The van der Waals surface area contributed by atoms with Gasteiger partial charge in [-0.3, -0.25) is 4.79 Å². The molecule has 25 heavy (non-hydrogen) atoms. The van der Waals surface area contributed by atoms with Gasteiger partial charge in [-0.2, -0.15) is 0 Å². The van der Waals surface area contributed by atoms with E-state index in [0.717, 1.165) is 43.7 Å². The average Bonchev–Trinajstić information content (AvgIpc) is 3.43. The minimum atomic E-state index is -0.725. The molecule has 1 atom stereocenters. The number of carbonyl (C=O) groups excluding carboxylic acids is 1. The maximum atomic E-state index is 12.7. The highest BCUT2D eigenvalue weighted by Crippen LogP contribution is 2.42. The van der Waals surface area contributed by atoms with Crippen molar-refractivity contribution in [3.05, 3.63) is 24.3 Å². The third kappa shape index (κ3) is 6.01. The van der Waals surface area contributed by atoms with Gasteiger partial charge in [0, 0.05) is 18.8 Å². The third-order valence-corrected chi connectivity index (χ3v) is 4.54. The van der Waals surface area contributed by atoms with Gasteiger partial charge in [-0.05, 0) is 76.9 Å². The summed E-state index contributed by atoms with van der Waals surface area (Å²) in [5, 5.41) is 3.00. The number of rotatable bonds is 11. The minimum absolute atomic E-state index is 0.0527. The van der Waals surface area contributed by atoms with Crippen LogP contribution in [-0.4, -0.2) is 50.3 Å². The van der Waals surface area contributed by atoms with Crippen LogP contribution in [0.4, 0.5) is 5.69 Å². The maximum Gasteiger partial charge on any atom is 0.256 e. The highest BCUT2D eigenvalue weighted by Gasteiger charge is 2.48. The van der Waals surface area contributed by atoms with Crippen molar-refractivity contribution >= 4 is 11.6 Å². The van der Waals surface area contributed by atoms with Crippen LogP contribution in [0.5, 0.6) is 5.75 Å². The van der Waals surface area contributed by atoms with Crippen LogP contribution < -0.4 is 10.1 Å². The molecule has 2 rings (SSSR count). The fourth-order valence-corrected chi connectivity index (χ4v) is 2.78. The van der Waals surface area contributed by atoms with Gasteiger partial charge in [0.05, 0.1) is 6.61 Å². The number of anilines is 1. The van der Waals surface area contributed by atoms with E-state index in [1.165, 1.54) is 0 Å². The Morgan fingerprint density at radius 2 is 1.92 bits per heavy atom. The fraction of sp³-hybridized carbons (Fsp3) is 0.650. The molecule has 1 aromatic rings. The van der Waals surface area contributed by atoms with Gasteiger partial charge < -0.3 is 19.7 Å². The van der Waals surface area contributed by atoms with Gasteiger partial charge >= 0.3 is 0 Å². The van der Waals surface area contributed by atoms with Crippen molar-refractivity contribution in [2.45, 2.75) is 45.1 Å². The van der Waals surface area contributed by atoms with E-state index in [9.17, 15) is 4.79 Å². The summed E-state index contributed by atoms with van der Waals surface area (Å²) in [5.41, 5.74) is 0.0507. The summed E-state index contributed by atoms with van der Waals surface area (Å²) in [7, 11) is 4.11. The molecule has 1 unspecified atom stereocenters. The zero-order valence-electron chi connectivity index (χ0n) is 16.0. The molecule has 0 aromatic heterocycles. The quantitative estimate of drug-likeness (QED) is 0.621. The van der Waals surface area contributed by atoms with Gasteiger partial charge in [-0.15, -0.1) is 0 Å². The van der Waals surface area contributed by atoms with Crippen molar-refractivity contribution in [2.24, 2.45) is 5.92 Å². The number of hydrogen-bond donors (Lipinski definition) is 1. The van der Waals surface area contributed by atoms with E-state index < -0.39 is 5.60 Å². The second-order valence-corrected chi connectivity index (χ2v) is 7.21. The van der Waals surface area contributed by atoms with Gasteiger partial charge in [0.2, 0.25) is 0 Å². The van der Waals surface area contributed by atoms with Gasteiger partial charge in [0.1, 0.15) is 11.4 Å². The Hall–Kier alpha value is -1.59. The zero-order chi connectivity index (χ0) is 18.3. The predicted octanol–water partition coefficient (Wildman–Crippen LogP) is 3.55. The Morgan fingerprint density at radius 3 is 2.48 bits per heavy atom. The molecule has 1 saturated carbocycles. The zero-order valence-corrected chi connectivity index (χ0v) is 16.0. The molecule has 0 aliphatic heterocycles. The molecule has 0 heterocycles. The number of ether oxygens (including phenoxy) is 2. The molecule has 1 N–H and O–H groups in total. The second-order valence-electron chi connectivity index (χ2n) is 7.21. The first-order chi connectivity index (χ1) is 12.0. The molecule has 0 spiro atoms. The number of amides is 1. The van der Waals surface area contributed by atoms with E-state index in [4.69, 9.17) is 9.47 Å². The third-order valence-electron chi connectivity index (χ3n) is 4.54. The first kappa shape index (κ1) is 19.7. The summed E-state index contributed by atoms with van der Waals surface area (Å²) in [5.74, 6) is 1.10. The van der Waals surface area contributed by atoms with Crippen molar-refractivity contribution in [3.8, 4) is 5.75 Å². The van der Waals surface area contributed by atoms with Crippen molar-refractivity contribution in [1.82, 2.24) is 4.90 Å². The number of nitrogens with one attached hydrogen (secondary N) is 1. The first-order valence-electron chi connectivity index (χ1n) is 9.28. The lowest BCUT2D eigenvalue weighted by Crippen LogP contribution is -2.45. The lowest BCUT2D eigenvalue weighted by atomic mass is 9.98. The van der Waals surface area contributed by atoms with Gasteiger partial charge in [0.25, 0.3) is 5.91 Å². The van der Waals surface area contributed by atoms with E-state index in [2.05, 4.69) is 31.2 Å². The van der Waals surface area contributed by atoms with E-state index in [-0.39, 0.29) is 5.91 Å².